The van der Waals surface area contributed by atoms with Gasteiger partial charge in [-0.15, -0.1) is 0 Å². The molecule has 3 nitrogen and oxygen atoms in total. The van der Waals surface area contributed by atoms with E-state index in [1.165, 1.54) is 0 Å². The summed E-state index contributed by atoms with van der Waals surface area (Å²) in [6, 6.07) is 17.0. The fourth-order valence-corrected chi connectivity index (χ4v) is 3.30. The van der Waals surface area contributed by atoms with E-state index in [1.807, 2.05) is 57.2 Å². The topological polar surface area (TPSA) is 60.7 Å². The van der Waals surface area contributed by atoms with Gasteiger partial charge in [-0.05, 0) is 78.8 Å². The van der Waals surface area contributed by atoms with Crippen molar-refractivity contribution in [3.8, 4) is 17.2 Å². The van der Waals surface area contributed by atoms with E-state index in [0.29, 0.717) is 5.75 Å². The molecule has 3 aromatic carbocycles. The molecule has 26 heavy (non-hydrogen) atoms. The molecule has 3 rings (SSSR count). The van der Waals surface area contributed by atoms with Crippen molar-refractivity contribution in [1.82, 2.24) is 0 Å². The van der Waals surface area contributed by atoms with Crippen LogP contribution in [0.1, 0.15) is 39.3 Å². The molecule has 0 fully saturated rings. The van der Waals surface area contributed by atoms with Crippen molar-refractivity contribution < 1.29 is 15.3 Å². The fourth-order valence-electron chi connectivity index (χ4n) is 3.30. The van der Waals surface area contributed by atoms with Gasteiger partial charge in [-0.25, -0.2) is 0 Å². The number of aromatic hydroxyl groups is 3. The fraction of sp³-hybridized carbons (Fsp3) is 0.217. The molecular formula is C23H24O3. The summed E-state index contributed by atoms with van der Waals surface area (Å²) in [5, 5.41) is 29.5. The number of rotatable bonds is 4. The molecule has 0 aliphatic heterocycles. The van der Waals surface area contributed by atoms with Crippen molar-refractivity contribution in [2.24, 2.45) is 0 Å². The van der Waals surface area contributed by atoms with Crippen LogP contribution in [-0.4, -0.2) is 15.3 Å². The molecule has 0 aliphatic carbocycles. The van der Waals surface area contributed by atoms with E-state index < -0.39 is 0 Å². The van der Waals surface area contributed by atoms with Gasteiger partial charge in [-0.3, -0.25) is 0 Å². The summed E-state index contributed by atoms with van der Waals surface area (Å²) < 4.78 is 0. The Morgan fingerprint density at radius 2 is 1.04 bits per heavy atom. The highest BCUT2D eigenvalue weighted by Gasteiger charge is 2.17. The highest BCUT2D eigenvalue weighted by Crippen LogP contribution is 2.34. The van der Waals surface area contributed by atoms with Crippen LogP contribution < -0.4 is 0 Å². The lowest BCUT2D eigenvalue weighted by Gasteiger charge is -2.20. The third kappa shape index (κ3) is 3.67. The summed E-state index contributed by atoms with van der Waals surface area (Å²) in [7, 11) is 0. The monoisotopic (exact) mass is 348 g/mol. The Hall–Kier alpha value is -2.94. The number of hydrogen-bond acceptors (Lipinski definition) is 3. The lowest BCUT2D eigenvalue weighted by Crippen LogP contribution is -2.06. The zero-order chi connectivity index (χ0) is 18.8. The smallest absolute Gasteiger partial charge is 0.118 e. The molecule has 3 aromatic rings. The highest BCUT2D eigenvalue weighted by atomic mass is 16.3. The van der Waals surface area contributed by atoms with Crippen molar-refractivity contribution in [3.05, 3.63) is 88.0 Å². The number of hydrogen-bond donors (Lipinski definition) is 3. The van der Waals surface area contributed by atoms with Gasteiger partial charge in [0.15, 0.2) is 0 Å². The molecule has 0 amide bonds. The molecule has 3 N–H and O–H groups in total. The van der Waals surface area contributed by atoms with E-state index >= 15 is 0 Å². The summed E-state index contributed by atoms with van der Waals surface area (Å²) in [4.78, 5) is 0. The van der Waals surface area contributed by atoms with Crippen LogP contribution in [-0.2, 0) is 6.42 Å². The van der Waals surface area contributed by atoms with Crippen LogP contribution >= 0.6 is 0 Å². The van der Waals surface area contributed by atoms with Crippen LogP contribution in [0.2, 0.25) is 0 Å². The van der Waals surface area contributed by atoms with Crippen molar-refractivity contribution in [2.45, 2.75) is 33.1 Å². The van der Waals surface area contributed by atoms with Gasteiger partial charge in [0.2, 0.25) is 0 Å². The minimum Gasteiger partial charge on any atom is -0.508 e. The molecule has 0 aromatic heterocycles. The van der Waals surface area contributed by atoms with E-state index in [-0.39, 0.29) is 17.4 Å². The predicted octanol–water partition coefficient (Wildman–Crippen LogP) is 5.10. The maximum Gasteiger partial charge on any atom is 0.118 e. The van der Waals surface area contributed by atoms with Crippen molar-refractivity contribution in [1.29, 1.82) is 0 Å². The minimum atomic E-state index is 0.0811. The average Bonchev–Trinajstić information content (AvgIpc) is 2.61. The van der Waals surface area contributed by atoms with Crippen LogP contribution in [0.5, 0.6) is 17.2 Å². The Balaban J connectivity index is 2.06. The van der Waals surface area contributed by atoms with Crippen LogP contribution in [0.25, 0.3) is 0 Å². The number of benzene rings is 3. The van der Waals surface area contributed by atoms with Gasteiger partial charge < -0.3 is 15.3 Å². The average molecular weight is 348 g/mol. The predicted molar refractivity (Wildman–Crippen MR) is 104 cm³/mol. The normalized spacial score (nSPS) is 11.1. The summed E-state index contributed by atoms with van der Waals surface area (Å²) in [5.41, 5.74) is 5.87. The molecule has 0 spiro atoms. The molecule has 0 saturated heterocycles. The van der Waals surface area contributed by atoms with E-state index in [2.05, 4.69) is 0 Å². The maximum atomic E-state index is 9.87. The number of aryl methyl sites for hydroxylation is 3. The van der Waals surface area contributed by atoms with Gasteiger partial charge in [-0.1, -0.05) is 36.4 Å². The quantitative estimate of drug-likeness (QED) is 0.614. The van der Waals surface area contributed by atoms with Crippen LogP contribution in [0.15, 0.2) is 54.6 Å². The second kappa shape index (κ2) is 7.12. The first-order valence-corrected chi connectivity index (χ1v) is 8.72. The van der Waals surface area contributed by atoms with Crippen molar-refractivity contribution in [2.75, 3.05) is 0 Å². The Morgan fingerprint density at radius 1 is 0.615 bits per heavy atom. The minimum absolute atomic E-state index is 0.0811. The molecule has 134 valence electrons. The van der Waals surface area contributed by atoms with Gasteiger partial charge in [0.1, 0.15) is 17.2 Å². The Bertz CT molecular complexity index is 893. The second-order valence-electron chi connectivity index (χ2n) is 6.97. The first-order valence-electron chi connectivity index (χ1n) is 8.72. The van der Waals surface area contributed by atoms with Crippen LogP contribution in [0.3, 0.4) is 0 Å². The largest absolute Gasteiger partial charge is 0.508 e. The first-order chi connectivity index (χ1) is 12.3. The summed E-state index contributed by atoms with van der Waals surface area (Å²) in [6.45, 7) is 5.68. The molecule has 0 atom stereocenters. The SMILES string of the molecule is Cc1cc(CC(c2ccc(O)c(C)c2)c2ccc(O)c(C)c2)ccc1O. The van der Waals surface area contributed by atoms with Crippen LogP contribution in [0.4, 0.5) is 0 Å². The zero-order valence-corrected chi connectivity index (χ0v) is 15.3. The molecular weight excluding hydrogens is 324 g/mol. The van der Waals surface area contributed by atoms with Gasteiger partial charge in [0.25, 0.3) is 0 Å². The third-order valence-electron chi connectivity index (χ3n) is 4.95. The maximum absolute atomic E-state index is 9.87. The lowest BCUT2D eigenvalue weighted by molar-refractivity contribution is 0.469. The summed E-state index contributed by atoms with van der Waals surface area (Å²) in [6.07, 6.45) is 0.759. The lowest BCUT2D eigenvalue weighted by atomic mass is 9.84. The summed E-state index contributed by atoms with van der Waals surface area (Å²) >= 11 is 0. The number of phenols is 3. The van der Waals surface area contributed by atoms with E-state index in [0.717, 1.165) is 39.8 Å². The summed E-state index contributed by atoms with van der Waals surface area (Å²) in [5.74, 6) is 0.952. The Kier molecular flexibility index (Phi) is 4.90. The van der Waals surface area contributed by atoms with Crippen molar-refractivity contribution >= 4 is 0 Å². The molecule has 0 unspecified atom stereocenters. The zero-order valence-electron chi connectivity index (χ0n) is 15.3. The second-order valence-corrected chi connectivity index (χ2v) is 6.97. The van der Waals surface area contributed by atoms with Gasteiger partial charge in [0, 0.05) is 5.92 Å². The van der Waals surface area contributed by atoms with E-state index in [1.54, 1.807) is 18.2 Å². The first kappa shape index (κ1) is 17.9. The molecule has 0 aliphatic rings. The van der Waals surface area contributed by atoms with E-state index in [4.69, 9.17) is 0 Å². The van der Waals surface area contributed by atoms with Gasteiger partial charge in [0.05, 0.1) is 0 Å². The molecule has 3 heteroatoms. The Morgan fingerprint density at radius 3 is 1.46 bits per heavy atom. The molecule has 0 heterocycles. The van der Waals surface area contributed by atoms with Crippen molar-refractivity contribution in [3.63, 3.8) is 0 Å². The van der Waals surface area contributed by atoms with Crippen LogP contribution in [0, 0.1) is 20.8 Å². The third-order valence-corrected chi connectivity index (χ3v) is 4.95. The Labute approximate surface area is 154 Å². The van der Waals surface area contributed by atoms with Gasteiger partial charge in [-0.2, -0.15) is 0 Å². The van der Waals surface area contributed by atoms with E-state index in [9.17, 15) is 15.3 Å². The molecule has 0 bridgehead atoms. The van der Waals surface area contributed by atoms with Gasteiger partial charge >= 0.3 is 0 Å². The highest BCUT2D eigenvalue weighted by molar-refractivity contribution is 5.45. The standard InChI is InChI=1S/C23H24O3/c1-14-10-17(4-7-21(14)24)13-20(18-5-8-22(25)15(2)11-18)19-6-9-23(26)16(3)12-19/h4-12,20,24-26H,13H2,1-3H3. The molecule has 0 saturated carbocycles. The number of phenolic OH excluding ortho intramolecular Hbond substituents is 3. The molecule has 0 radical (unpaired) electrons.